The van der Waals surface area contributed by atoms with Crippen molar-refractivity contribution < 1.29 is 28.7 Å². The number of carbonyl (C=O) groups is 4. The predicted octanol–water partition coefficient (Wildman–Crippen LogP) is 8.57. The van der Waals surface area contributed by atoms with Gasteiger partial charge in [-0.15, -0.1) is 0 Å². The molecule has 0 saturated carbocycles. The Morgan fingerprint density at radius 3 is 1.56 bits per heavy atom. The normalized spacial score (nSPS) is 19.3. The summed E-state index contributed by atoms with van der Waals surface area (Å²) in [5.74, 6) is -0.375. The van der Waals surface area contributed by atoms with Gasteiger partial charge in [0.05, 0.1) is 44.3 Å². The van der Waals surface area contributed by atoms with E-state index in [1.165, 1.54) is 14.2 Å². The van der Waals surface area contributed by atoms with Crippen molar-refractivity contribution in [3.8, 4) is 33.6 Å². The maximum atomic E-state index is 14.0. The summed E-state index contributed by atoms with van der Waals surface area (Å²) in [5, 5.41) is 13.1. The molecular formula is C41H48Br2N14O6. The summed E-state index contributed by atoms with van der Waals surface area (Å²) in [7, 11) is 2.50. The molecule has 0 aliphatic carbocycles. The fourth-order valence-corrected chi connectivity index (χ4v) is 9.03. The molecule has 20 nitrogen and oxygen atoms in total. The van der Waals surface area contributed by atoms with Gasteiger partial charge in [0.25, 0.3) is 0 Å². The zero-order valence-corrected chi connectivity index (χ0v) is 38.6. The Morgan fingerprint density at radius 2 is 1.16 bits per heavy atom. The third-order valence-corrected chi connectivity index (χ3v) is 12.5. The number of likely N-dealkylation sites (tertiary alicyclic amines) is 2. The molecular weight excluding hydrogens is 944 g/mol. The molecule has 4 N–H and O–H groups in total. The van der Waals surface area contributed by atoms with Crippen LogP contribution >= 0.6 is 31.9 Å². The molecule has 6 rings (SSSR count). The lowest BCUT2D eigenvalue weighted by atomic mass is 9.94. The summed E-state index contributed by atoms with van der Waals surface area (Å²) in [6.45, 7) is 7.92. The number of amides is 4. The van der Waals surface area contributed by atoms with Gasteiger partial charge in [-0.1, -0.05) is 86.5 Å². The monoisotopic (exact) mass is 990 g/mol. The first-order valence-electron chi connectivity index (χ1n) is 20.2. The topological polar surface area (TPSA) is 272 Å². The summed E-state index contributed by atoms with van der Waals surface area (Å²) < 4.78 is 10.7. The highest BCUT2D eigenvalue weighted by Crippen LogP contribution is 2.39. The number of ether oxygens (including phenoxy) is 2. The number of imidazole rings is 2. The lowest BCUT2D eigenvalue weighted by Crippen LogP contribution is -2.51. The molecule has 0 spiro atoms. The number of aromatic nitrogens is 4. The van der Waals surface area contributed by atoms with Crippen molar-refractivity contribution in [1.82, 2.24) is 40.4 Å². The molecule has 6 atom stereocenters. The van der Waals surface area contributed by atoms with Gasteiger partial charge in [-0.3, -0.25) is 9.59 Å². The Hall–Kier alpha value is -6.08. The van der Waals surface area contributed by atoms with Crippen molar-refractivity contribution in [2.75, 3.05) is 33.9 Å². The number of carbonyl (C=O) groups excluding carboxylic acids is 4. The van der Waals surface area contributed by atoms with E-state index in [4.69, 9.17) is 19.4 Å². The molecule has 2 aromatic heterocycles. The molecule has 332 valence electrons. The van der Waals surface area contributed by atoms with Crippen molar-refractivity contribution in [2.45, 2.75) is 70.7 Å². The highest BCUT2D eigenvalue weighted by atomic mass is 79.9. The molecule has 2 aliphatic heterocycles. The van der Waals surface area contributed by atoms with Crippen LogP contribution in [0.3, 0.4) is 0 Å². The number of H-pyrrole nitrogens is 2. The molecule has 4 heterocycles. The summed E-state index contributed by atoms with van der Waals surface area (Å²) in [4.78, 5) is 77.4. The standard InChI is InChI=1S/C41H48Br2N14O6/c1-20(2)28(17-46-40(60)62-5)38(58)56-18-26(52-54-44)15-29(56)36-47-32(34(42)50-36)24-11-7-22(8-12-24)23-9-13-25(14-10-23)33-35(43)51-37(48-33)30-16-27(53-55-45)19-57(30)39(59)31(21(3)4)49-41(61)63-6/h7-14,20-21,26-31H,15-19H2,1-6H3,(H,46,60)(H,47,50)(H,48,51)(H,49,61)/t26-,27-,28+,29?,30?,31+/m1/s1. The summed E-state index contributed by atoms with van der Waals surface area (Å²) in [5.41, 5.74) is 23.2. The van der Waals surface area contributed by atoms with E-state index in [0.717, 1.165) is 22.3 Å². The molecule has 2 unspecified atom stereocenters. The summed E-state index contributed by atoms with van der Waals surface area (Å²) in [6.07, 6.45) is -0.627. The first-order valence-corrected chi connectivity index (χ1v) is 21.8. The Morgan fingerprint density at radius 1 is 0.730 bits per heavy atom. The van der Waals surface area contributed by atoms with Crippen LogP contribution in [0.2, 0.25) is 0 Å². The molecule has 63 heavy (non-hydrogen) atoms. The Kier molecular flexibility index (Phi) is 15.0. The molecule has 2 aromatic carbocycles. The minimum atomic E-state index is -0.866. The number of nitrogens with zero attached hydrogens (tertiary/aromatic N) is 10. The van der Waals surface area contributed by atoms with Crippen LogP contribution in [0.25, 0.3) is 54.5 Å². The van der Waals surface area contributed by atoms with Crippen LogP contribution in [0.5, 0.6) is 0 Å². The van der Waals surface area contributed by atoms with E-state index in [1.807, 2.05) is 76.2 Å². The number of hydrogen-bond donors (Lipinski definition) is 4. The van der Waals surface area contributed by atoms with Gasteiger partial charge in [-0.2, -0.15) is 0 Å². The van der Waals surface area contributed by atoms with E-state index < -0.39 is 48.3 Å². The Labute approximate surface area is 379 Å². The number of methoxy groups -OCH3 is 2. The number of hydrogen-bond acceptors (Lipinski definition) is 10. The molecule has 2 aliphatic rings. The molecule has 22 heteroatoms. The van der Waals surface area contributed by atoms with Crippen LogP contribution in [-0.4, -0.2) is 106 Å². The smallest absolute Gasteiger partial charge is 0.407 e. The predicted molar refractivity (Wildman–Crippen MR) is 239 cm³/mol. The van der Waals surface area contributed by atoms with Crippen molar-refractivity contribution in [2.24, 2.45) is 28.0 Å². The van der Waals surface area contributed by atoms with Crippen LogP contribution < -0.4 is 10.6 Å². The molecule has 0 radical (unpaired) electrons. The summed E-state index contributed by atoms with van der Waals surface area (Å²) in [6, 6.07) is 12.9. The minimum Gasteiger partial charge on any atom is -0.453 e. The minimum absolute atomic E-state index is 0.0887. The highest BCUT2D eigenvalue weighted by molar-refractivity contribution is 9.10. The van der Waals surface area contributed by atoms with Gasteiger partial charge in [0.2, 0.25) is 11.8 Å². The van der Waals surface area contributed by atoms with Crippen molar-refractivity contribution in [3.05, 3.63) is 90.3 Å². The first kappa shape index (κ1) is 46.4. The zero-order chi connectivity index (χ0) is 45.5. The van der Waals surface area contributed by atoms with Gasteiger partial charge in [-0.25, -0.2) is 19.6 Å². The van der Waals surface area contributed by atoms with Crippen LogP contribution in [0.15, 0.2) is 68.0 Å². The molecule has 0 bridgehead atoms. The van der Waals surface area contributed by atoms with Crippen molar-refractivity contribution >= 4 is 55.9 Å². The molecule has 2 fully saturated rings. The lowest BCUT2D eigenvalue weighted by Gasteiger charge is -2.30. The summed E-state index contributed by atoms with van der Waals surface area (Å²) >= 11 is 7.26. The van der Waals surface area contributed by atoms with Crippen LogP contribution in [0.4, 0.5) is 9.59 Å². The van der Waals surface area contributed by atoms with E-state index in [-0.39, 0.29) is 43.3 Å². The van der Waals surface area contributed by atoms with Gasteiger partial charge in [-0.05, 0) is 78.7 Å². The van der Waals surface area contributed by atoms with E-state index in [1.54, 1.807) is 9.80 Å². The zero-order valence-electron chi connectivity index (χ0n) is 35.5. The van der Waals surface area contributed by atoms with E-state index in [9.17, 15) is 30.2 Å². The lowest BCUT2D eigenvalue weighted by molar-refractivity contribution is -0.138. The quantitative estimate of drug-likeness (QED) is 0.0538. The van der Waals surface area contributed by atoms with Crippen molar-refractivity contribution in [1.29, 1.82) is 0 Å². The third-order valence-electron chi connectivity index (χ3n) is 11.4. The Balaban J connectivity index is 1.19. The second-order valence-corrected chi connectivity index (χ2v) is 17.6. The first-order chi connectivity index (χ1) is 30.2. The average Bonchev–Trinajstić information content (AvgIpc) is 4.07. The number of rotatable bonds is 14. The maximum absolute atomic E-state index is 14.0. The Bertz CT molecular complexity index is 2410. The van der Waals surface area contributed by atoms with E-state index in [0.29, 0.717) is 45.1 Å². The average molecular weight is 993 g/mol. The van der Waals surface area contributed by atoms with Gasteiger partial charge in [0.15, 0.2) is 0 Å². The van der Waals surface area contributed by atoms with Crippen molar-refractivity contribution in [3.63, 3.8) is 0 Å². The van der Waals surface area contributed by atoms with Gasteiger partial charge in [0, 0.05) is 40.6 Å². The second kappa shape index (κ2) is 20.4. The fraction of sp³-hybridized carbons (Fsp3) is 0.463. The number of alkyl carbamates (subject to hydrolysis) is 2. The van der Waals surface area contributed by atoms with Crippen LogP contribution in [0, 0.1) is 17.8 Å². The van der Waals surface area contributed by atoms with Gasteiger partial charge < -0.3 is 39.9 Å². The number of halogens is 2. The van der Waals surface area contributed by atoms with Crippen LogP contribution in [-0.2, 0) is 19.1 Å². The van der Waals surface area contributed by atoms with E-state index in [2.05, 4.69) is 72.5 Å². The van der Waals surface area contributed by atoms with Gasteiger partial charge >= 0.3 is 12.2 Å². The number of benzene rings is 2. The van der Waals surface area contributed by atoms with Crippen LogP contribution in [0.1, 0.15) is 64.3 Å². The number of aromatic amines is 2. The fourth-order valence-electron chi connectivity index (χ4n) is 7.99. The van der Waals surface area contributed by atoms with Gasteiger partial charge in [0.1, 0.15) is 38.3 Å². The maximum Gasteiger partial charge on any atom is 0.407 e. The number of azide groups is 2. The second-order valence-electron chi connectivity index (χ2n) is 16.0. The molecule has 4 amide bonds. The third kappa shape index (κ3) is 10.4. The molecule has 2 saturated heterocycles. The molecule has 4 aromatic rings. The van der Waals surface area contributed by atoms with E-state index >= 15 is 0 Å². The largest absolute Gasteiger partial charge is 0.453 e. The highest BCUT2D eigenvalue weighted by Gasteiger charge is 2.43. The number of nitrogens with one attached hydrogen (secondary N) is 4. The SMILES string of the molecule is COC(=O)NC[C@H](C(=O)N1C[C@H](N=[N+]=[N-])CC1c1nc(-c2ccc(-c3ccc(-c4nc(C5C[C@@H](N=[N+]=[N-])CN5C(=O)[C@@H](NC(=O)OC)C(C)C)[nH]c4Br)cc3)cc2)c(Br)[nH]1)C(C)C.